The van der Waals surface area contributed by atoms with Crippen LogP contribution in [-0.2, 0) is 0 Å². The van der Waals surface area contributed by atoms with Crippen LogP contribution in [0.25, 0.3) is 0 Å². The molecule has 0 heterocycles. The zero-order valence-corrected chi connectivity index (χ0v) is 9.82. The van der Waals surface area contributed by atoms with E-state index in [0.717, 1.165) is 12.8 Å². The molecule has 0 saturated heterocycles. The lowest BCUT2D eigenvalue weighted by atomic mass is 10.1. The van der Waals surface area contributed by atoms with Gasteiger partial charge in [-0.3, -0.25) is 0 Å². The maximum absolute atomic E-state index is 5.65. The van der Waals surface area contributed by atoms with Crippen LogP contribution in [0.5, 0.6) is 0 Å². The van der Waals surface area contributed by atoms with Crippen molar-refractivity contribution in [3.63, 3.8) is 0 Å². The van der Waals surface area contributed by atoms with Crippen molar-refractivity contribution in [2.45, 2.75) is 46.5 Å². The molecule has 0 aromatic rings. The van der Waals surface area contributed by atoms with Crippen LogP contribution in [0.3, 0.4) is 0 Å². The Kier molecular flexibility index (Phi) is 8.22. The summed E-state index contributed by atoms with van der Waals surface area (Å²) in [5.41, 5.74) is 2.97. The first-order chi connectivity index (χ1) is 6.24. The fourth-order valence-electron chi connectivity index (χ4n) is 1.18. The first-order valence-electron chi connectivity index (χ1n) is 5.14. The molecule has 0 aliphatic carbocycles. The van der Waals surface area contributed by atoms with Gasteiger partial charge in [0.15, 0.2) is 0 Å². The molecule has 0 amide bonds. The van der Waals surface area contributed by atoms with E-state index in [0.29, 0.717) is 5.88 Å². The van der Waals surface area contributed by atoms with E-state index < -0.39 is 0 Å². The van der Waals surface area contributed by atoms with Crippen LogP contribution in [0.15, 0.2) is 23.3 Å². The molecule has 0 N–H and O–H groups in total. The van der Waals surface area contributed by atoms with Crippen molar-refractivity contribution >= 4 is 11.6 Å². The quantitative estimate of drug-likeness (QED) is 0.431. The molecule has 0 radical (unpaired) electrons. The molecule has 0 bridgehead atoms. The Morgan fingerprint density at radius 2 is 1.85 bits per heavy atom. The van der Waals surface area contributed by atoms with Gasteiger partial charge >= 0.3 is 0 Å². The van der Waals surface area contributed by atoms with E-state index in [9.17, 15) is 0 Å². The number of allylic oxidation sites excluding steroid dienone is 4. The van der Waals surface area contributed by atoms with Crippen molar-refractivity contribution < 1.29 is 0 Å². The van der Waals surface area contributed by atoms with Gasteiger partial charge in [-0.05, 0) is 32.6 Å². The van der Waals surface area contributed by atoms with E-state index in [1.807, 2.05) is 0 Å². The molecule has 13 heavy (non-hydrogen) atoms. The van der Waals surface area contributed by atoms with Crippen molar-refractivity contribution in [2.24, 2.45) is 0 Å². The highest BCUT2D eigenvalue weighted by atomic mass is 35.5. The second kappa shape index (κ2) is 8.37. The molecule has 0 aliphatic heterocycles. The lowest BCUT2D eigenvalue weighted by molar-refractivity contribution is 0.893. The van der Waals surface area contributed by atoms with Crippen LogP contribution in [0, 0.1) is 0 Å². The summed E-state index contributed by atoms with van der Waals surface area (Å²) in [5, 5.41) is 0. The summed E-state index contributed by atoms with van der Waals surface area (Å²) in [6.07, 6.45) is 9.09. The third kappa shape index (κ3) is 6.89. The fraction of sp³-hybridized carbons (Fsp3) is 0.667. The van der Waals surface area contributed by atoms with Crippen LogP contribution in [0.1, 0.15) is 46.5 Å². The maximum atomic E-state index is 5.65. The normalized spacial score (nSPS) is 13.5. The highest BCUT2D eigenvalue weighted by molar-refractivity contribution is 6.18. The average molecular weight is 201 g/mol. The first kappa shape index (κ1) is 12.8. The van der Waals surface area contributed by atoms with Gasteiger partial charge in [-0.1, -0.05) is 37.1 Å². The summed E-state index contributed by atoms with van der Waals surface area (Å²) in [5.74, 6) is 0.652. The highest BCUT2D eigenvalue weighted by Crippen LogP contribution is 2.12. The zero-order chi connectivity index (χ0) is 10.1. The van der Waals surface area contributed by atoms with Gasteiger partial charge in [-0.15, -0.1) is 11.6 Å². The lowest BCUT2D eigenvalue weighted by Gasteiger charge is -2.01. The van der Waals surface area contributed by atoms with Crippen molar-refractivity contribution in [2.75, 3.05) is 5.88 Å². The summed E-state index contributed by atoms with van der Waals surface area (Å²) in [6.45, 7) is 6.58. The van der Waals surface area contributed by atoms with E-state index in [2.05, 4.69) is 32.9 Å². The molecule has 0 rings (SSSR count). The number of alkyl halides is 1. The van der Waals surface area contributed by atoms with E-state index >= 15 is 0 Å². The Bertz CT molecular complexity index is 178. The molecule has 0 aliphatic rings. The Labute approximate surface area is 87.7 Å². The lowest BCUT2D eigenvalue weighted by Crippen LogP contribution is -1.82. The van der Waals surface area contributed by atoms with E-state index in [-0.39, 0.29) is 0 Å². The SMILES string of the molecule is CC/C(C)=C\CC/C(=C/CCl)CC. The standard InChI is InChI=1S/C12H21Cl/c1-4-11(3)7-6-8-12(5-2)9-10-13/h7,9H,4-6,8,10H2,1-3H3/b11-7-,12-9+. The fourth-order valence-corrected chi connectivity index (χ4v) is 1.40. The van der Waals surface area contributed by atoms with Crippen LogP contribution in [-0.4, -0.2) is 5.88 Å². The third-order valence-electron chi connectivity index (χ3n) is 2.34. The predicted octanol–water partition coefficient (Wildman–Crippen LogP) is 4.70. The topological polar surface area (TPSA) is 0 Å². The molecule has 1 heteroatoms. The summed E-state index contributed by atoms with van der Waals surface area (Å²) in [4.78, 5) is 0. The Hall–Kier alpha value is -0.230. The second-order valence-corrected chi connectivity index (χ2v) is 3.62. The minimum absolute atomic E-state index is 0.652. The minimum Gasteiger partial charge on any atom is -0.122 e. The van der Waals surface area contributed by atoms with Gasteiger partial charge in [0.1, 0.15) is 0 Å². The number of hydrogen-bond acceptors (Lipinski definition) is 0. The number of halogens is 1. The van der Waals surface area contributed by atoms with Gasteiger partial charge in [0.25, 0.3) is 0 Å². The predicted molar refractivity (Wildman–Crippen MR) is 62.4 cm³/mol. The van der Waals surface area contributed by atoms with Crippen LogP contribution in [0.2, 0.25) is 0 Å². The van der Waals surface area contributed by atoms with E-state index in [1.165, 1.54) is 24.0 Å². The molecule has 0 unspecified atom stereocenters. The first-order valence-corrected chi connectivity index (χ1v) is 5.67. The van der Waals surface area contributed by atoms with Gasteiger partial charge in [-0.2, -0.15) is 0 Å². The summed E-state index contributed by atoms with van der Waals surface area (Å²) < 4.78 is 0. The van der Waals surface area contributed by atoms with Gasteiger partial charge in [0.05, 0.1) is 0 Å². The Morgan fingerprint density at radius 3 is 2.31 bits per heavy atom. The third-order valence-corrected chi connectivity index (χ3v) is 2.49. The number of hydrogen-bond donors (Lipinski definition) is 0. The van der Waals surface area contributed by atoms with Gasteiger partial charge < -0.3 is 0 Å². The molecule has 0 atom stereocenters. The molecular formula is C12H21Cl. The summed E-state index contributed by atoms with van der Waals surface area (Å²) in [6, 6.07) is 0. The van der Waals surface area contributed by atoms with E-state index in [1.54, 1.807) is 0 Å². The summed E-state index contributed by atoms with van der Waals surface area (Å²) in [7, 11) is 0. The Balaban J connectivity index is 3.79. The molecule has 0 nitrogen and oxygen atoms in total. The van der Waals surface area contributed by atoms with Crippen LogP contribution >= 0.6 is 11.6 Å². The van der Waals surface area contributed by atoms with Crippen LogP contribution in [0.4, 0.5) is 0 Å². The molecule has 0 saturated carbocycles. The minimum atomic E-state index is 0.652. The van der Waals surface area contributed by atoms with Crippen molar-refractivity contribution in [3.05, 3.63) is 23.3 Å². The Morgan fingerprint density at radius 1 is 1.15 bits per heavy atom. The van der Waals surface area contributed by atoms with E-state index in [4.69, 9.17) is 11.6 Å². The van der Waals surface area contributed by atoms with Gasteiger partial charge in [-0.25, -0.2) is 0 Å². The monoisotopic (exact) mass is 200 g/mol. The van der Waals surface area contributed by atoms with Gasteiger partial charge in [0, 0.05) is 5.88 Å². The zero-order valence-electron chi connectivity index (χ0n) is 9.07. The molecule has 76 valence electrons. The number of rotatable bonds is 6. The van der Waals surface area contributed by atoms with Gasteiger partial charge in [0.2, 0.25) is 0 Å². The summed E-state index contributed by atoms with van der Waals surface area (Å²) >= 11 is 5.65. The molecule has 0 spiro atoms. The largest absolute Gasteiger partial charge is 0.122 e. The molecule has 0 fully saturated rings. The smallest absolute Gasteiger partial charge is 0.0406 e. The molecular weight excluding hydrogens is 180 g/mol. The van der Waals surface area contributed by atoms with Crippen molar-refractivity contribution in [1.29, 1.82) is 0 Å². The second-order valence-electron chi connectivity index (χ2n) is 3.31. The molecule has 0 aromatic heterocycles. The maximum Gasteiger partial charge on any atom is 0.0406 e. The van der Waals surface area contributed by atoms with Crippen molar-refractivity contribution in [3.8, 4) is 0 Å². The highest BCUT2D eigenvalue weighted by Gasteiger charge is 1.92. The molecule has 0 aromatic carbocycles. The average Bonchev–Trinajstić information content (AvgIpc) is 2.16. The van der Waals surface area contributed by atoms with Crippen molar-refractivity contribution in [1.82, 2.24) is 0 Å². The van der Waals surface area contributed by atoms with Crippen LogP contribution < -0.4 is 0 Å².